The highest BCUT2D eigenvalue weighted by atomic mass is 33.9. The van der Waals surface area contributed by atoms with Crippen molar-refractivity contribution in [1.29, 1.82) is 0 Å². The lowest BCUT2D eigenvalue weighted by molar-refractivity contribution is 0.112. The Hall–Kier alpha value is 1.66. The van der Waals surface area contributed by atoms with E-state index in [9.17, 15) is 0 Å². The van der Waals surface area contributed by atoms with Gasteiger partial charge in [-0.15, -0.1) is 11.3 Å². The van der Waals surface area contributed by atoms with Crippen LogP contribution in [0.4, 0.5) is 0 Å². The molecule has 0 radical (unpaired) electrons. The number of nitrogens with zero attached hydrogens (tertiary/aromatic N) is 1. The van der Waals surface area contributed by atoms with E-state index in [1.54, 1.807) is 82.8 Å². The molecule has 0 amide bonds. The zero-order valence-corrected chi connectivity index (χ0v) is 22.8. The average Bonchev–Trinajstić information content (AvgIpc) is 3.11. The molecule has 1 aromatic carbocycles. The van der Waals surface area contributed by atoms with Crippen LogP contribution < -0.4 is 0 Å². The predicted molar refractivity (Wildman–Crippen MR) is 137 cm³/mol. The molecular formula is C14H21NO3S8Si. The molecule has 27 heavy (non-hydrogen) atoms. The Morgan fingerprint density at radius 3 is 2.37 bits per heavy atom. The maximum absolute atomic E-state index is 5.53. The third kappa shape index (κ3) is 8.02. The molecule has 13 heteroatoms. The maximum Gasteiger partial charge on any atom is 0.503 e. The minimum atomic E-state index is -2.50. The molecule has 0 bridgehead atoms. The number of fused-ring (bicyclic) bond motifs is 1. The first-order valence-corrected chi connectivity index (χ1v) is 19.4. The molecule has 0 fully saturated rings. The van der Waals surface area contributed by atoms with Crippen LogP contribution in [0.15, 0.2) is 28.6 Å². The number of hydrogen-bond donors (Lipinski definition) is 0. The normalized spacial score (nSPS) is 13.3. The highest BCUT2D eigenvalue weighted by Crippen LogP contribution is 2.56. The standard InChI is InChI=1S/C14H21NO3S8Si/c1-11(27(16-2,17-3)18-4)9-10-19-22-24-26-25-23-21-14-15-12-7-5-6-8-13(12)20-14/h5-8,11H,9-10H2,1-4H3. The van der Waals surface area contributed by atoms with Crippen LogP contribution in [0, 0.1) is 0 Å². The topological polar surface area (TPSA) is 40.6 Å². The average molecular weight is 536 g/mol. The molecule has 0 saturated heterocycles. The van der Waals surface area contributed by atoms with Crippen LogP contribution in [0.2, 0.25) is 5.54 Å². The van der Waals surface area contributed by atoms with Gasteiger partial charge in [-0.2, -0.15) is 0 Å². The molecule has 0 aliphatic heterocycles. The van der Waals surface area contributed by atoms with Gasteiger partial charge in [0.2, 0.25) is 0 Å². The molecule has 1 unspecified atom stereocenters. The number of para-hydroxylation sites is 1. The number of aromatic nitrogens is 1. The highest BCUT2D eigenvalue weighted by molar-refractivity contribution is 9.46. The lowest BCUT2D eigenvalue weighted by Crippen LogP contribution is -2.46. The van der Waals surface area contributed by atoms with Gasteiger partial charge in [-0.25, -0.2) is 4.98 Å². The van der Waals surface area contributed by atoms with Gasteiger partial charge in [-0.3, -0.25) is 0 Å². The summed E-state index contributed by atoms with van der Waals surface area (Å²) in [5, 5.41) is 0. The van der Waals surface area contributed by atoms with Gasteiger partial charge in [-0.05, 0) is 78.5 Å². The molecule has 2 aromatic rings. The largest absolute Gasteiger partial charge is 0.503 e. The van der Waals surface area contributed by atoms with Crippen molar-refractivity contribution in [2.75, 3.05) is 27.1 Å². The first kappa shape index (κ1) is 24.9. The van der Waals surface area contributed by atoms with E-state index >= 15 is 0 Å². The van der Waals surface area contributed by atoms with Gasteiger partial charge >= 0.3 is 8.80 Å². The SMILES string of the molecule is CO[Si](OC)(OC)C(C)CCSSSSSSSc1nc2ccccc2s1. The van der Waals surface area contributed by atoms with Gasteiger partial charge in [0.25, 0.3) is 0 Å². The third-order valence-electron chi connectivity index (χ3n) is 3.63. The van der Waals surface area contributed by atoms with Gasteiger partial charge in [-0.1, -0.05) is 29.9 Å². The second kappa shape index (κ2) is 13.9. The molecule has 0 aliphatic rings. The molecule has 4 nitrogen and oxygen atoms in total. The Morgan fingerprint density at radius 1 is 1.00 bits per heavy atom. The van der Waals surface area contributed by atoms with Crippen molar-refractivity contribution in [2.24, 2.45) is 0 Å². The van der Waals surface area contributed by atoms with Gasteiger partial charge in [0.1, 0.15) is 0 Å². The van der Waals surface area contributed by atoms with E-state index in [1.807, 2.05) is 26.7 Å². The van der Waals surface area contributed by atoms with Crippen molar-refractivity contribution in [3.05, 3.63) is 24.3 Å². The Morgan fingerprint density at radius 2 is 1.67 bits per heavy atom. The van der Waals surface area contributed by atoms with E-state index in [0.29, 0.717) is 5.54 Å². The zero-order chi connectivity index (χ0) is 19.5. The second-order valence-electron chi connectivity index (χ2n) is 5.10. The second-order valence-corrected chi connectivity index (χ2v) is 21.1. The van der Waals surface area contributed by atoms with E-state index in [4.69, 9.17) is 13.3 Å². The first-order valence-electron chi connectivity index (χ1n) is 7.79. The van der Waals surface area contributed by atoms with E-state index in [0.717, 1.165) is 22.0 Å². The fourth-order valence-electron chi connectivity index (χ4n) is 2.27. The Labute approximate surface area is 192 Å². The number of thiazole rings is 1. The van der Waals surface area contributed by atoms with Crippen LogP contribution in [0.3, 0.4) is 0 Å². The number of benzene rings is 1. The summed E-state index contributed by atoms with van der Waals surface area (Å²) in [6.45, 7) is 2.14. The molecule has 0 aliphatic carbocycles. The summed E-state index contributed by atoms with van der Waals surface area (Å²) in [6, 6.07) is 8.27. The summed E-state index contributed by atoms with van der Waals surface area (Å²) in [7, 11) is 15.0. The smallest absolute Gasteiger partial charge is 0.377 e. The molecule has 0 saturated carbocycles. The molecular weight excluding hydrogens is 515 g/mol. The molecule has 1 atom stereocenters. The first-order chi connectivity index (χ1) is 13.1. The maximum atomic E-state index is 5.53. The van der Waals surface area contributed by atoms with Gasteiger partial charge in [0.05, 0.1) is 10.2 Å². The Kier molecular flexibility index (Phi) is 12.8. The molecule has 0 N–H and O–H groups in total. The van der Waals surface area contributed by atoms with Crippen molar-refractivity contribution in [3.63, 3.8) is 0 Å². The minimum Gasteiger partial charge on any atom is -0.377 e. The Bertz CT molecular complexity index is 633. The molecule has 152 valence electrons. The lowest BCUT2D eigenvalue weighted by atomic mass is 10.3. The molecule has 1 aromatic heterocycles. The van der Waals surface area contributed by atoms with Crippen LogP contribution in [-0.2, 0) is 13.3 Å². The van der Waals surface area contributed by atoms with E-state index < -0.39 is 8.80 Å². The zero-order valence-electron chi connectivity index (χ0n) is 15.2. The van der Waals surface area contributed by atoms with Crippen LogP contribution in [0.5, 0.6) is 0 Å². The quantitative estimate of drug-likeness (QED) is 0.134. The molecule has 1 heterocycles. The van der Waals surface area contributed by atoms with Crippen molar-refractivity contribution in [1.82, 2.24) is 4.98 Å². The fourth-order valence-corrected chi connectivity index (χ4v) is 20.4. The fraction of sp³-hybridized carbons (Fsp3) is 0.500. The van der Waals surface area contributed by atoms with Gasteiger partial charge in [0.15, 0.2) is 4.34 Å². The summed E-state index contributed by atoms with van der Waals surface area (Å²) >= 11 is 1.75. The summed E-state index contributed by atoms with van der Waals surface area (Å²) in [5.74, 6) is 1.04. The predicted octanol–water partition coefficient (Wildman–Crippen LogP) is 7.94. The van der Waals surface area contributed by atoms with E-state index in [-0.39, 0.29) is 0 Å². The van der Waals surface area contributed by atoms with Crippen molar-refractivity contribution in [3.8, 4) is 0 Å². The van der Waals surface area contributed by atoms with E-state index in [1.165, 1.54) is 4.70 Å². The van der Waals surface area contributed by atoms with Gasteiger partial charge < -0.3 is 13.3 Å². The highest BCUT2D eigenvalue weighted by Gasteiger charge is 2.44. The third-order valence-corrected chi connectivity index (χ3v) is 21.1. The van der Waals surface area contributed by atoms with Crippen LogP contribution in [-0.4, -0.2) is 40.9 Å². The summed E-state index contributed by atoms with van der Waals surface area (Å²) in [6.07, 6.45) is 1.01. The van der Waals surface area contributed by atoms with Gasteiger partial charge in [0, 0.05) is 32.6 Å². The summed E-state index contributed by atoms with van der Waals surface area (Å²) in [4.78, 5) is 4.62. The van der Waals surface area contributed by atoms with Crippen LogP contribution in [0.1, 0.15) is 13.3 Å². The number of hydrogen-bond acceptors (Lipinski definition) is 12. The van der Waals surface area contributed by atoms with Crippen LogP contribution >= 0.6 is 82.1 Å². The monoisotopic (exact) mass is 535 g/mol. The summed E-state index contributed by atoms with van der Waals surface area (Å²) < 4.78 is 19.0. The van der Waals surface area contributed by atoms with Crippen molar-refractivity contribution >= 4 is 101 Å². The lowest BCUT2D eigenvalue weighted by Gasteiger charge is -2.29. The van der Waals surface area contributed by atoms with E-state index in [2.05, 4.69) is 30.1 Å². The number of rotatable bonds is 14. The summed E-state index contributed by atoms with van der Waals surface area (Å²) in [5.41, 5.74) is 1.37. The van der Waals surface area contributed by atoms with Crippen molar-refractivity contribution < 1.29 is 13.3 Å². The molecule has 0 spiro atoms. The van der Waals surface area contributed by atoms with Crippen molar-refractivity contribution in [2.45, 2.75) is 23.2 Å². The van der Waals surface area contributed by atoms with Crippen LogP contribution in [0.25, 0.3) is 10.2 Å². The molecule has 2 rings (SSSR count). The minimum absolute atomic E-state index is 0.290. The Balaban J connectivity index is 1.51.